The highest BCUT2D eigenvalue weighted by Gasteiger charge is 2.40. The molecular weight excluding hydrogens is 180 g/mol. The highest BCUT2D eigenvalue weighted by molar-refractivity contribution is 5.75. The molecule has 0 amide bonds. The van der Waals surface area contributed by atoms with Gasteiger partial charge >= 0.3 is 5.97 Å². The molecule has 14 heavy (non-hydrogen) atoms. The van der Waals surface area contributed by atoms with E-state index < -0.39 is 5.97 Å². The van der Waals surface area contributed by atoms with Crippen molar-refractivity contribution in [1.82, 2.24) is 4.98 Å². The predicted molar refractivity (Wildman–Crippen MR) is 52.2 cm³/mol. The summed E-state index contributed by atoms with van der Waals surface area (Å²) in [5.41, 5.74) is 0. The molecule has 0 aromatic carbocycles. The Kier molecular flexibility index (Phi) is 2.11. The van der Waals surface area contributed by atoms with E-state index in [0.29, 0.717) is 6.54 Å². The van der Waals surface area contributed by atoms with E-state index >= 15 is 0 Å². The fourth-order valence-corrected chi connectivity index (χ4v) is 1.72. The molecule has 74 valence electrons. The molecule has 1 fully saturated rings. The zero-order chi connectivity index (χ0) is 10.1. The molecule has 1 unspecified atom stereocenters. The maximum absolute atomic E-state index is 10.7. The Morgan fingerprint density at radius 3 is 2.93 bits per heavy atom. The number of rotatable bonds is 2. The molecule has 0 saturated carbocycles. The Balaban J connectivity index is 2.08. The third kappa shape index (κ3) is 1.32. The van der Waals surface area contributed by atoms with E-state index in [2.05, 4.69) is 4.98 Å². The minimum absolute atomic E-state index is 0.0439. The average Bonchev–Trinajstić information content (AvgIpc) is 2.17. The van der Waals surface area contributed by atoms with Gasteiger partial charge in [-0.1, -0.05) is 6.07 Å². The molecule has 0 spiro atoms. The van der Waals surface area contributed by atoms with E-state index in [1.54, 1.807) is 6.20 Å². The van der Waals surface area contributed by atoms with Crippen molar-refractivity contribution < 1.29 is 9.90 Å². The second kappa shape index (κ2) is 3.29. The van der Waals surface area contributed by atoms with Gasteiger partial charge in [-0.05, 0) is 19.1 Å². The van der Waals surface area contributed by atoms with Crippen LogP contribution in [0.2, 0.25) is 0 Å². The average molecular weight is 192 g/mol. The summed E-state index contributed by atoms with van der Waals surface area (Å²) in [5, 5.41) is 8.82. The molecule has 0 aliphatic carbocycles. The number of carbonyl (C=O) groups is 1. The van der Waals surface area contributed by atoms with Gasteiger partial charge < -0.3 is 10.0 Å². The summed E-state index contributed by atoms with van der Waals surface area (Å²) >= 11 is 0. The van der Waals surface area contributed by atoms with Crippen LogP contribution in [-0.2, 0) is 4.79 Å². The van der Waals surface area contributed by atoms with E-state index in [4.69, 9.17) is 5.11 Å². The third-order valence-corrected chi connectivity index (χ3v) is 2.73. The number of carboxylic acids is 1. The highest BCUT2D eigenvalue weighted by Crippen LogP contribution is 2.29. The first-order chi connectivity index (χ1) is 6.70. The first-order valence-corrected chi connectivity index (χ1v) is 4.60. The summed E-state index contributed by atoms with van der Waals surface area (Å²) in [7, 11) is 0. The van der Waals surface area contributed by atoms with Gasteiger partial charge in [-0.2, -0.15) is 0 Å². The van der Waals surface area contributed by atoms with Gasteiger partial charge in [0.25, 0.3) is 0 Å². The maximum atomic E-state index is 10.7. The van der Waals surface area contributed by atoms with Gasteiger partial charge in [-0.15, -0.1) is 0 Å². The Bertz CT molecular complexity index is 339. The van der Waals surface area contributed by atoms with Crippen molar-refractivity contribution in [2.75, 3.05) is 11.4 Å². The first-order valence-electron chi connectivity index (χ1n) is 4.60. The Hall–Kier alpha value is -1.58. The van der Waals surface area contributed by atoms with E-state index in [0.717, 1.165) is 5.82 Å². The SMILES string of the molecule is CC1[C@@H](C(=O)O)CN1c1ccccn1. The van der Waals surface area contributed by atoms with Gasteiger partial charge in [0.2, 0.25) is 0 Å². The van der Waals surface area contributed by atoms with Gasteiger partial charge in [-0.3, -0.25) is 4.79 Å². The molecule has 1 N–H and O–H groups in total. The zero-order valence-electron chi connectivity index (χ0n) is 7.92. The molecule has 1 aliphatic heterocycles. The van der Waals surface area contributed by atoms with Crippen LogP contribution in [0.15, 0.2) is 24.4 Å². The van der Waals surface area contributed by atoms with Crippen LogP contribution < -0.4 is 4.90 Å². The van der Waals surface area contributed by atoms with Gasteiger partial charge in [0, 0.05) is 18.8 Å². The maximum Gasteiger partial charge on any atom is 0.310 e. The summed E-state index contributed by atoms with van der Waals surface area (Å²) < 4.78 is 0. The predicted octanol–water partition coefficient (Wildman–Crippen LogP) is 0.991. The summed E-state index contributed by atoms with van der Waals surface area (Å²) in [6.45, 7) is 2.48. The number of pyridine rings is 1. The molecule has 2 heterocycles. The molecule has 2 rings (SSSR count). The summed E-state index contributed by atoms with van der Waals surface area (Å²) in [6, 6.07) is 5.70. The van der Waals surface area contributed by atoms with Crippen LogP contribution in [-0.4, -0.2) is 28.6 Å². The molecule has 1 aliphatic rings. The molecular formula is C10H12N2O2. The fourth-order valence-electron chi connectivity index (χ4n) is 1.72. The molecule has 0 bridgehead atoms. The lowest BCUT2D eigenvalue weighted by Gasteiger charge is -2.44. The topological polar surface area (TPSA) is 53.4 Å². The second-order valence-electron chi connectivity index (χ2n) is 3.53. The fraction of sp³-hybridized carbons (Fsp3) is 0.400. The second-order valence-corrected chi connectivity index (χ2v) is 3.53. The van der Waals surface area contributed by atoms with E-state index in [-0.39, 0.29) is 12.0 Å². The minimum Gasteiger partial charge on any atom is -0.481 e. The highest BCUT2D eigenvalue weighted by atomic mass is 16.4. The van der Waals surface area contributed by atoms with E-state index in [1.165, 1.54) is 0 Å². The lowest BCUT2D eigenvalue weighted by molar-refractivity contribution is -0.143. The number of aromatic nitrogens is 1. The number of aliphatic carboxylic acids is 1. The quantitative estimate of drug-likeness (QED) is 0.759. The summed E-state index contributed by atoms with van der Waals surface area (Å²) in [4.78, 5) is 16.9. The minimum atomic E-state index is -0.718. The van der Waals surface area contributed by atoms with Crippen molar-refractivity contribution in [2.24, 2.45) is 5.92 Å². The molecule has 4 nitrogen and oxygen atoms in total. The molecule has 1 saturated heterocycles. The first kappa shape index (κ1) is 8.99. The number of anilines is 1. The van der Waals surface area contributed by atoms with Crippen molar-refractivity contribution in [3.8, 4) is 0 Å². The van der Waals surface area contributed by atoms with Crippen LogP contribution in [0.5, 0.6) is 0 Å². The van der Waals surface area contributed by atoms with Crippen molar-refractivity contribution in [2.45, 2.75) is 13.0 Å². The van der Waals surface area contributed by atoms with Gasteiger partial charge in [-0.25, -0.2) is 4.98 Å². The normalized spacial score (nSPS) is 25.6. The number of carboxylic acid groups (broad SMARTS) is 1. The smallest absolute Gasteiger partial charge is 0.310 e. The molecule has 1 aromatic rings. The Morgan fingerprint density at radius 1 is 1.64 bits per heavy atom. The van der Waals surface area contributed by atoms with Gasteiger partial charge in [0.1, 0.15) is 5.82 Å². The van der Waals surface area contributed by atoms with Crippen LogP contribution in [0.1, 0.15) is 6.92 Å². The Labute approximate surface area is 82.2 Å². The molecule has 2 atom stereocenters. The lowest BCUT2D eigenvalue weighted by Crippen LogP contribution is -2.58. The van der Waals surface area contributed by atoms with Crippen LogP contribution in [0.25, 0.3) is 0 Å². The lowest BCUT2D eigenvalue weighted by atomic mass is 9.90. The molecule has 0 radical (unpaired) electrons. The van der Waals surface area contributed by atoms with Crippen molar-refractivity contribution in [3.63, 3.8) is 0 Å². The number of hydrogen-bond donors (Lipinski definition) is 1. The van der Waals surface area contributed by atoms with E-state index in [9.17, 15) is 4.79 Å². The number of hydrogen-bond acceptors (Lipinski definition) is 3. The van der Waals surface area contributed by atoms with Crippen LogP contribution in [0.4, 0.5) is 5.82 Å². The van der Waals surface area contributed by atoms with Crippen molar-refractivity contribution in [1.29, 1.82) is 0 Å². The summed E-state index contributed by atoms with van der Waals surface area (Å²) in [6.07, 6.45) is 1.72. The largest absolute Gasteiger partial charge is 0.481 e. The van der Waals surface area contributed by atoms with Crippen LogP contribution in [0, 0.1) is 5.92 Å². The van der Waals surface area contributed by atoms with Crippen molar-refractivity contribution in [3.05, 3.63) is 24.4 Å². The monoisotopic (exact) mass is 192 g/mol. The standard InChI is InChI=1S/C10H12N2O2/c1-7-8(10(13)14)6-12(7)9-4-2-3-5-11-9/h2-5,7-8H,6H2,1H3,(H,13,14)/t7?,8-/m0/s1. The van der Waals surface area contributed by atoms with Crippen molar-refractivity contribution >= 4 is 11.8 Å². The molecule has 1 aromatic heterocycles. The molecule has 4 heteroatoms. The summed E-state index contributed by atoms with van der Waals surface area (Å²) in [5.74, 6) is -0.112. The van der Waals surface area contributed by atoms with Gasteiger partial charge in [0.15, 0.2) is 0 Å². The van der Waals surface area contributed by atoms with Gasteiger partial charge in [0.05, 0.1) is 5.92 Å². The van der Waals surface area contributed by atoms with Crippen LogP contribution >= 0.6 is 0 Å². The Morgan fingerprint density at radius 2 is 2.43 bits per heavy atom. The number of nitrogens with zero attached hydrogens (tertiary/aromatic N) is 2. The van der Waals surface area contributed by atoms with Crippen LogP contribution in [0.3, 0.4) is 0 Å². The zero-order valence-corrected chi connectivity index (χ0v) is 7.92. The third-order valence-electron chi connectivity index (χ3n) is 2.73. The van der Waals surface area contributed by atoms with E-state index in [1.807, 2.05) is 30.0 Å².